The van der Waals surface area contributed by atoms with Crippen molar-refractivity contribution in [2.45, 2.75) is 26.5 Å². The smallest absolute Gasteiger partial charge is 0.0985 e. The maximum atomic E-state index is 10.0. The van der Waals surface area contributed by atoms with Gasteiger partial charge >= 0.3 is 0 Å². The van der Waals surface area contributed by atoms with Gasteiger partial charge in [-0.15, -0.1) is 0 Å². The lowest BCUT2D eigenvalue weighted by Crippen LogP contribution is -2.11. The van der Waals surface area contributed by atoms with Crippen molar-refractivity contribution in [3.8, 4) is 0 Å². The molecule has 2 aromatic rings. The number of hydrogen-bond acceptors (Lipinski definition) is 2. The zero-order valence-electron chi connectivity index (χ0n) is 9.59. The maximum absolute atomic E-state index is 10.0. The number of aliphatic hydroxyl groups is 1. The van der Waals surface area contributed by atoms with Crippen molar-refractivity contribution in [1.82, 2.24) is 9.78 Å². The molecule has 0 aliphatic rings. The summed E-state index contributed by atoms with van der Waals surface area (Å²) >= 11 is 0. The summed E-state index contributed by atoms with van der Waals surface area (Å²) in [5.41, 5.74) is 2.99. The molecule has 1 N–H and O–H groups in total. The number of aryl methyl sites for hydroxylation is 2. The van der Waals surface area contributed by atoms with Gasteiger partial charge < -0.3 is 5.11 Å². The van der Waals surface area contributed by atoms with Crippen molar-refractivity contribution in [2.75, 3.05) is 0 Å². The minimum absolute atomic E-state index is 0.501. The summed E-state index contributed by atoms with van der Waals surface area (Å²) < 4.78 is 1.84. The largest absolute Gasteiger partial charge is 0.386 e. The van der Waals surface area contributed by atoms with Crippen LogP contribution in [0, 0.1) is 13.8 Å². The summed E-state index contributed by atoms with van der Waals surface area (Å²) in [6.07, 6.45) is -0.501. The predicted molar refractivity (Wildman–Crippen MR) is 63.1 cm³/mol. The molecule has 3 heteroatoms. The van der Waals surface area contributed by atoms with E-state index in [4.69, 9.17) is 0 Å². The molecule has 0 bridgehead atoms. The highest BCUT2D eigenvalue weighted by Gasteiger charge is 2.10. The number of benzene rings is 1. The lowest BCUT2D eigenvalue weighted by atomic mass is 10.1. The summed E-state index contributed by atoms with van der Waals surface area (Å²) in [4.78, 5) is 0. The normalized spacial score (nSPS) is 12.7. The molecule has 16 heavy (non-hydrogen) atoms. The molecule has 3 nitrogen and oxygen atoms in total. The highest BCUT2D eigenvalue weighted by atomic mass is 16.3. The van der Waals surface area contributed by atoms with E-state index in [1.807, 2.05) is 54.9 Å². The molecule has 0 spiro atoms. The number of aromatic nitrogens is 2. The van der Waals surface area contributed by atoms with Crippen molar-refractivity contribution < 1.29 is 5.11 Å². The second kappa shape index (κ2) is 4.49. The Bertz CT molecular complexity index is 462. The van der Waals surface area contributed by atoms with Crippen LogP contribution in [0.1, 0.15) is 23.1 Å². The molecule has 0 fully saturated rings. The second-order valence-electron chi connectivity index (χ2n) is 4.04. The van der Waals surface area contributed by atoms with Crippen LogP contribution in [0.3, 0.4) is 0 Å². The van der Waals surface area contributed by atoms with Gasteiger partial charge in [-0.2, -0.15) is 5.10 Å². The molecule has 1 aromatic carbocycles. The lowest BCUT2D eigenvalue weighted by molar-refractivity contribution is 0.150. The molecular formula is C13H16N2O. The topological polar surface area (TPSA) is 38.0 Å². The summed E-state index contributed by atoms with van der Waals surface area (Å²) in [5, 5.41) is 14.4. The molecule has 2 rings (SSSR count). The third kappa shape index (κ3) is 2.31. The molecule has 0 saturated heterocycles. The first-order valence-electron chi connectivity index (χ1n) is 5.41. The highest BCUT2D eigenvalue weighted by molar-refractivity contribution is 5.17. The Kier molecular flexibility index (Phi) is 3.06. The Morgan fingerprint density at radius 3 is 2.50 bits per heavy atom. The van der Waals surface area contributed by atoms with E-state index in [1.54, 1.807) is 0 Å². The quantitative estimate of drug-likeness (QED) is 0.854. The zero-order chi connectivity index (χ0) is 11.5. The summed E-state index contributed by atoms with van der Waals surface area (Å²) in [7, 11) is 0. The SMILES string of the molecule is Cc1cc(C)n(C[C@H](O)c2ccccc2)n1. The van der Waals surface area contributed by atoms with Crippen molar-refractivity contribution >= 4 is 0 Å². The van der Waals surface area contributed by atoms with Crippen LogP contribution in [0.4, 0.5) is 0 Å². The summed E-state index contributed by atoms with van der Waals surface area (Å²) in [5.74, 6) is 0. The van der Waals surface area contributed by atoms with Crippen LogP contribution in [0.15, 0.2) is 36.4 Å². The molecule has 0 saturated carbocycles. The lowest BCUT2D eigenvalue weighted by Gasteiger charge is -2.12. The summed E-state index contributed by atoms with van der Waals surface area (Å²) in [6.45, 7) is 4.46. The molecule has 0 unspecified atom stereocenters. The van der Waals surface area contributed by atoms with Gasteiger partial charge in [0.15, 0.2) is 0 Å². The van der Waals surface area contributed by atoms with Crippen LogP contribution in [0.25, 0.3) is 0 Å². The molecule has 0 amide bonds. The van der Waals surface area contributed by atoms with Gasteiger partial charge in [-0.05, 0) is 25.5 Å². The van der Waals surface area contributed by atoms with E-state index in [9.17, 15) is 5.11 Å². The van der Waals surface area contributed by atoms with Gasteiger partial charge in [0.25, 0.3) is 0 Å². The van der Waals surface area contributed by atoms with Gasteiger partial charge in [-0.25, -0.2) is 0 Å². The standard InChI is InChI=1S/C13H16N2O/c1-10-8-11(2)15(14-10)9-13(16)12-6-4-3-5-7-12/h3-8,13,16H,9H2,1-2H3/t13-/m0/s1. The molecule has 1 heterocycles. The van der Waals surface area contributed by atoms with Crippen LogP contribution < -0.4 is 0 Å². The molecule has 84 valence electrons. The highest BCUT2D eigenvalue weighted by Crippen LogP contribution is 2.15. The van der Waals surface area contributed by atoms with Gasteiger partial charge in [0, 0.05) is 5.69 Å². The van der Waals surface area contributed by atoms with E-state index >= 15 is 0 Å². The Morgan fingerprint density at radius 1 is 1.25 bits per heavy atom. The number of rotatable bonds is 3. The Hall–Kier alpha value is -1.61. The van der Waals surface area contributed by atoms with Crippen molar-refractivity contribution in [1.29, 1.82) is 0 Å². The Balaban J connectivity index is 2.14. The minimum atomic E-state index is -0.501. The fourth-order valence-corrected chi connectivity index (χ4v) is 1.80. The van der Waals surface area contributed by atoms with E-state index in [0.717, 1.165) is 17.0 Å². The third-order valence-electron chi connectivity index (χ3n) is 2.63. The second-order valence-corrected chi connectivity index (χ2v) is 4.04. The van der Waals surface area contributed by atoms with Crippen LogP contribution in [0.5, 0.6) is 0 Å². The fraction of sp³-hybridized carbons (Fsp3) is 0.308. The van der Waals surface area contributed by atoms with Gasteiger partial charge in [-0.1, -0.05) is 30.3 Å². The van der Waals surface area contributed by atoms with Crippen LogP contribution in [0.2, 0.25) is 0 Å². The van der Waals surface area contributed by atoms with Crippen molar-refractivity contribution in [3.63, 3.8) is 0 Å². The summed E-state index contributed by atoms with van der Waals surface area (Å²) in [6, 6.07) is 11.7. The first-order chi connectivity index (χ1) is 7.66. The van der Waals surface area contributed by atoms with Crippen LogP contribution in [-0.4, -0.2) is 14.9 Å². The van der Waals surface area contributed by atoms with E-state index in [0.29, 0.717) is 6.54 Å². The zero-order valence-corrected chi connectivity index (χ0v) is 9.59. The Morgan fingerprint density at radius 2 is 1.94 bits per heavy atom. The van der Waals surface area contributed by atoms with Gasteiger partial charge in [0.05, 0.1) is 18.3 Å². The van der Waals surface area contributed by atoms with E-state index in [1.165, 1.54) is 0 Å². The van der Waals surface area contributed by atoms with E-state index < -0.39 is 6.10 Å². The van der Waals surface area contributed by atoms with Crippen LogP contribution >= 0.6 is 0 Å². The molecule has 1 aromatic heterocycles. The molecular weight excluding hydrogens is 200 g/mol. The number of nitrogens with zero attached hydrogens (tertiary/aromatic N) is 2. The fourth-order valence-electron chi connectivity index (χ4n) is 1.80. The van der Waals surface area contributed by atoms with Crippen molar-refractivity contribution in [3.05, 3.63) is 53.3 Å². The van der Waals surface area contributed by atoms with E-state index in [-0.39, 0.29) is 0 Å². The predicted octanol–water partition coefficient (Wildman–Crippen LogP) is 2.23. The Labute approximate surface area is 95.3 Å². The molecule has 1 atom stereocenters. The van der Waals surface area contributed by atoms with E-state index in [2.05, 4.69) is 5.10 Å². The first-order valence-corrected chi connectivity index (χ1v) is 5.41. The first kappa shape index (κ1) is 10.9. The minimum Gasteiger partial charge on any atom is -0.386 e. The average Bonchev–Trinajstić information content (AvgIpc) is 2.59. The van der Waals surface area contributed by atoms with Gasteiger partial charge in [0.2, 0.25) is 0 Å². The molecule has 0 radical (unpaired) electrons. The van der Waals surface area contributed by atoms with Crippen molar-refractivity contribution in [2.24, 2.45) is 0 Å². The molecule has 0 aliphatic carbocycles. The van der Waals surface area contributed by atoms with Gasteiger partial charge in [0.1, 0.15) is 0 Å². The maximum Gasteiger partial charge on any atom is 0.0985 e. The number of aliphatic hydroxyl groups excluding tert-OH is 1. The third-order valence-corrected chi connectivity index (χ3v) is 2.63. The van der Waals surface area contributed by atoms with Gasteiger partial charge in [-0.3, -0.25) is 4.68 Å². The number of hydrogen-bond donors (Lipinski definition) is 1. The monoisotopic (exact) mass is 216 g/mol. The molecule has 0 aliphatic heterocycles. The average molecular weight is 216 g/mol. The van der Waals surface area contributed by atoms with Crippen LogP contribution in [-0.2, 0) is 6.54 Å².